The van der Waals surface area contributed by atoms with E-state index in [-0.39, 0.29) is 10.8 Å². The van der Waals surface area contributed by atoms with E-state index in [2.05, 4.69) is 52.3 Å². The van der Waals surface area contributed by atoms with E-state index in [1.807, 2.05) is 0 Å². The Morgan fingerprint density at radius 3 is 2.00 bits per heavy atom. The van der Waals surface area contributed by atoms with Crippen molar-refractivity contribution < 1.29 is 0 Å². The molecule has 1 aromatic rings. The zero-order valence-electron chi connectivity index (χ0n) is 11.5. The topological polar surface area (TPSA) is 17.8 Å². The molecule has 0 amide bonds. The molecule has 16 heavy (non-hydrogen) atoms. The zero-order chi connectivity index (χ0) is 12.1. The molecule has 0 aromatic carbocycles. The van der Waals surface area contributed by atoms with Gasteiger partial charge in [-0.1, -0.05) is 41.5 Å². The van der Waals surface area contributed by atoms with Crippen LogP contribution in [0.1, 0.15) is 71.8 Å². The third-order valence-corrected chi connectivity index (χ3v) is 3.17. The number of nitrogens with zero attached hydrogens (tertiary/aromatic N) is 2. The Balaban J connectivity index is 2.46. The van der Waals surface area contributed by atoms with Gasteiger partial charge in [0.1, 0.15) is 0 Å². The predicted octanol–water partition coefficient (Wildman–Crippen LogP) is 3.81. The Kier molecular flexibility index (Phi) is 2.45. The number of hydrogen-bond acceptors (Lipinski definition) is 1. The maximum Gasteiger partial charge on any atom is 0.0681 e. The molecule has 0 spiro atoms. The van der Waals surface area contributed by atoms with Crippen molar-refractivity contribution in [3.05, 3.63) is 17.5 Å². The minimum absolute atomic E-state index is 0.153. The molecule has 2 rings (SSSR count). The van der Waals surface area contributed by atoms with E-state index in [0.717, 1.165) is 0 Å². The van der Waals surface area contributed by atoms with Gasteiger partial charge in [-0.15, -0.1) is 0 Å². The van der Waals surface area contributed by atoms with Crippen LogP contribution in [0.3, 0.4) is 0 Å². The third-order valence-electron chi connectivity index (χ3n) is 3.17. The van der Waals surface area contributed by atoms with Gasteiger partial charge in [0.15, 0.2) is 0 Å². The first-order chi connectivity index (χ1) is 7.19. The largest absolute Gasteiger partial charge is 0.266 e. The van der Waals surface area contributed by atoms with Crippen LogP contribution in [0.5, 0.6) is 0 Å². The molecule has 0 aliphatic heterocycles. The van der Waals surface area contributed by atoms with Crippen LogP contribution in [0.25, 0.3) is 0 Å². The maximum atomic E-state index is 4.83. The summed E-state index contributed by atoms with van der Waals surface area (Å²) in [6.07, 6.45) is 2.60. The van der Waals surface area contributed by atoms with Gasteiger partial charge in [0.05, 0.1) is 11.7 Å². The van der Waals surface area contributed by atoms with E-state index in [9.17, 15) is 0 Å². The highest BCUT2D eigenvalue weighted by Gasteiger charge is 2.33. The zero-order valence-corrected chi connectivity index (χ0v) is 11.5. The molecule has 0 N–H and O–H groups in total. The van der Waals surface area contributed by atoms with Gasteiger partial charge in [-0.25, -0.2) is 0 Å². The number of hydrogen-bond donors (Lipinski definition) is 0. The summed E-state index contributed by atoms with van der Waals surface area (Å²) in [6, 6.07) is 2.98. The van der Waals surface area contributed by atoms with Gasteiger partial charge >= 0.3 is 0 Å². The number of aromatic nitrogens is 2. The third kappa shape index (κ3) is 2.16. The van der Waals surface area contributed by atoms with Crippen molar-refractivity contribution in [2.75, 3.05) is 0 Å². The molecule has 2 nitrogen and oxygen atoms in total. The monoisotopic (exact) mass is 220 g/mol. The second-order valence-corrected chi connectivity index (χ2v) is 7.09. The fourth-order valence-corrected chi connectivity index (χ4v) is 1.92. The van der Waals surface area contributed by atoms with E-state index < -0.39 is 0 Å². The van der Waals surface area contributed by atoms with Crippen LogP contribution < -0.4 is 0 Å². The van der Waals surface area contributed by atoms with Gasteiger partial charge in [-0.3, -0.25) is 4.68 Å². The first-order valence-electron chi connectivity index (χ1n) is 6.30. The first-order valence-corrected chi connectivity index (χ1v) is 6.30. The maximum absolute atomic E-state index is 4.83. The smallest absolute Gasteiger partial charge is 0.0681 e. The lowest BCUT2D eigenvalue weighted by Crippen LogP contribution is -2.17. The fraction of sp³-hybridized carbons (Fsp3) is 0.786. The average Bonchev–Trinajstić information content (AvgIpc) is 2.79. The minimum Gasteiger partial charge on any atom is -0.266 e. The molecule has 1 fully saturated rings. The summed E-state index contributed by atoms with van der Waals surface area (Å²) >= 11 is 0. The van der Waals surface area contributed by atoms with Crippen LogP contribution >= 0.6 is 0 Å². The summed E-state index contributed by atoms with van der Waals surface area (Å²) in [5.41, 5.74) is 2.96. The standard InChI is InChI=1S/C14H24N2/c1-13(2,3)11-9-12(14(4,5)6)16(15-11)10-7-8-10/h9-10H,7-8H2,1-6H3. The van der Waals surface area contributed by atoms with E-state index in [0.29, 0.717) is 6.04 Å². The van der Waals surface area contributed by atoms with Crippen molar-refractivity contribution in [3.63, 3.8) is 0 Å². The number of rotatable bonds is 1. The lowest BCUT2D eigenvalue weighted by molar-refractivity contribution is 0.481. The van der Waals surface area contributed by atoms with Crippen LogP contribution in [0.2, 0.25) is 0 Å². The summed E-state index contributed by atoms with van der Waals surface area (Å²) in [5, 5.41) is 4.83. The molecular formula is C14H24N2. The van der Waals surface area contributed by atoms with Crippen molar-refractivity contribution >= 4 is 0 Å². The molecule has 1 aliphatic rings. The summed E-state index contributed by atoms with van der Waals surface area (Å²) in [4.78, 5) is 0. The van der Waals surface area contributed by atoms with Gasteiger partial charge in [0.2, 0.25) is 0 Å². The van der Waals surface area contributed by atoms with E-state index in [1.165, 1.54) is 24.2 Å². The molecule has 1 aromatic heterocycles. The molecule has 2 heteroatoms. The summed E-state index contributed by atoms with van der Waals surface area (Å²) in [5.74, 6) is 0. The van der Waals surface area contributed by atoms with Crippen molar-refractivity contribution in [2.45, 2.75) is 71.3 Å². The molecule has 0 radical (unpaired) electrons. The Morgan fingerprint density at radius 2 is 1.62 bits per heavy atom. The Morgan fingerprint density at radius 1 is 1.06 bits per heavy atom. The Hall–Kier alpha value is -0.790. The van der Waals surface area contributed by atoms with Gasteiger partial charge in [-0.05, 0) is 18.9 Å². The molecule has 90 valence electrons. The van der Waals surface area contributed by atoms with Crippen molar-refractivity contribution in [3.8, 4) is 0 Å². The SMILES string of the molecule is CC(C)(C)c1cc(C(C)(C)C)n(C2CC2)n1. The van der Waals surface area contributed by atoms with E-state index in [4.69, 9.17) is 5.10 Å². The van der Waals surface area contributed by atoms with Crippen LogP contribution in [0.15, 0.2) is 6.07 Å². The fourth-order valence-electron chi connectivity index (χ4n) is 1.92. The van der Waals surface area contributed by atoms with Gasteiger partial charge in [-0.2, -0.15) is 5.10 Å². The highest BCUT2D eigenvalue weighted by molar-refractivity contribution is 5.24. The van der Waals surface area contributed by atoms with Crippen LogP contribution in [-0.2, 0) is 10.8 Å². The van der Waals surface area contributed by atoms with Crippen LogP contribution in [0, 0.1) is 0 Å². The Bertz CT molecular complexity index is 384. The molecule has 0 unspecified atom stereocenters. The molecule has 0 saturated heterocycles. The summed E-state index contributed by atoms with van der Waals surface area (Å²) in [6.45, 7) is 13.5. The van der Waals surface area contributed by atoms with Crippen molar-refractivity contribution in [1.29, 1.82) is 0 Å². The van der Waals surface area contributed by atoms with Crippen LogP contribution in [0.4, 0.5) is 0 Å². The second-order valence-electron chi connectivity index (χ2n) is 7.09. The Labute approximate surface area is 99.0 Å². The summed E-state index contributed by atoms with van der Waals surface area (Å²) in [7, 11) is 0. The van der Waals surface area contributed by atoms with Gasteiger partial charge in [0, 0.05) is 16.5 Å². The van der Waals surface area contributed by atoms with Crippen molar-refractivity contribution in [1.82, 2.24) is 9.78 Å². The lowest BCUT2D eigenvalue weighted by Gasteiger charge is -2.19. The first kappa shape index (κ1) is 11.7. The van der Waals surface area contributed by atoms with E-state index >= 15 is 0 Å². The normalized spacial score (nSPS) is 17.9. The minimum atomic E-state index is 0.153. The summed E-state index contributed by atoms with van der Waals surface area (Å²) < 4.78 is 2.28. The average molecular weight is 220 g/mol. The van der Waals surface area contributed by atoms with E-state index in [1.54, 1.807) is 0 Å². The highest BCUT2D eigenvalue weighted by Crippen LogP contribution is 2.39. The lowest BCUT2D eigenvalue weighted by atomic mass is 9.88. The van der Waals surface area contributed by atoms with Gasteiger partial charge in [0.25, 0.3) is 0 Å². The quantitative estimate of drug-likeness (QED) is 0.703. The molecule has 1 aliphatic carbocycles. The molecular weight excluding hydrogens is 196 g/mol. The molecule has 1 heterocycles. The molecule has 1 saturated carbocycles. The molecule has 0 bridgehead atoms. The van der Waals surface area contributed by atoms with Crippen molar-refractivity contribution in [2.24, 2.45) is 0 Å². The van der Waals surface area contributed by atoms with Gasteiger partial charge < -0.3 is 0 Å². The molecule has 0 atom stereocenters. The second kappa shape index (κ2) is 3.35. The highest BCUT2D eigenvalue weighted by atomic mass is 15.3. The van der Waals surface area contributed by atoms with Crippen LogP contribution in [-0.4, -0.2) is 9.78 Å². The predicted molar refractivity (Wildman–Crippen MR) is 67.9 cm³/mol.